The molecule has 2 aromatic carbocycles. The Bertz CT molecular complexity index is 683. The van der Waals surface area contributed by atoms with E-state index in [-0.39, 0.29) is 11.9 Å². The number of hydrogen-bond donors (Lipinski definition) is 0. The number of nitrogens with zero attached hydrogens (tertiary/aromatic N) is 2. The second-order valence-electron chi connectivity index (χ2n) is 6.56. The quantitative estimate of drug-likeness (QED) is 0.839. The van der Waals surface area contributed by atoms with Crippen molar-refractivity contribution in [2.45, 2.75) is 32.4 Å². The molecule has 1 aliphatic rings. The van der Waals surface area contributed by atoms with Gasteiger partial charge in [-0.3, -0.25) is 9.69 Å². The first-order valence-corrected chi connectivity index (χ1v) is 8.78. The van der Waals surface area contributed by atoms with Crippen molar-refractivity contribution < 1.29 is 4.79 Å². The summed E-state index contributed by atoms with van der Waals surface area (Å²) in [6.45, 7) is 4.41. The van der Waals surface area contributed by atoms with E-state index in [1.807, 2.05) is 30.0 Å². The monoisotopic (exact) mass is 322 g/mol. The molecule has 0 saturated heterocycles. The molecule has 1 amide bonds. The van der Waals surface area contributed by atoms with E-state index < -0.39 is 0 Å². The number of likely N-dealkylation sites (N-methyl/N-ethyl adjacent to an activating group) is 1. The van der Waals surface area contributed by atoms with Gasteiger partial charge in [-0.05, 0) is 30.2 Å². The zero-order valence-corrected chi connectivity index (χ0v) is 14.6. The SMILES string of the molecule is CCC(=O)N(Cc1ccccc1)CC1c2ccccc2CCN1C. The third kappa shape index (κ3) is 3.68. The molecule has 0 spiro atoms. The van der Waals surface area contributed by atoms with Crippen molar-refractivity contribution in [3.63, 3.8) is 0 Å². The van der Waals surface area contributed by atoms with Crippen molar-refractivity contribution in [2.75, 3.05) is 20.1 Å². The predicted molar refractivity (Wildman–Crippen MR) is 97.7 cm³/mol. The van der Waals surface area contributed by atoms with Crippen LogP contribution in [0.5, 0.6) is 0 Å². The molecule has 24 heavy (non-hydrogen) atoms. The van der Waals surface area contributed by atoms with Gasteiger partial charge in [0, 0.05) is 26.1 Å². The van der Waals surface area contributed by atoms with Crippen LogP contribution in [0.25, 0.3) is 0 Å². The average molecular weight is 322 g/mol. The van der Waals surface area contributed by atoms with Crippen molar-refractivity contribution in [2.24, 2.45) is 0 Å². The van der Waals surface area contributed by atoms with Crippen molar-refractivity contribution in [1.82, 2.24) is 9.80 Å². The van der Waals surface area contributed by atoms with Gasteiger partial charge >= 0.3 is 0 Å². The largest absolute Gasteiger partial charge is 0.336 e. The van der Waals surface area contributed by atoms with E-state index in [1.54, 1.807) is 0 Å². The molecule has 0 fully saturated rings. The Morgan fingerprint density at radius 1 is 1.12 bits per heavy atom. The second-order valence-corrected chi connectivity index (χ2v) is 6.56. The molecule has 2 aromatic rings. The van der Waals surface area contributed by atoms with E-state index in [2.05, 4.69) is 48.3 Å². The molecule has 1 atom stereocenters. The summed E-state index contributed by atoms with van der Waals surface area (Å²) in [6, 6.07) is 19.2. The van der Waals surface area contributed by atoms with Crippen molar-refractivity contribution >= 4 is 5.91 Å². The van der Waals surface area contributed by atoms with Crippen LogP contribution >= 0.6 is 0 Å². The minimum Gasteiger partial charge on any atom is -0.336 e. The molecule has 1 heterocycles. The van der Waals surface area contributed by atoms with Crippen molar-refractivity contribution in [1.29, 1.82) is 0 Å². The molecule has 0 bridgehead atoms. The summed E-state index contributed by atoms with van der Waals surface area (Å²) in [7, 11) is 2.16. The normalized spacial score (nSPS) is 17.3. The molecule has 126 valence electrons. The van der Waals surface area contributed by atoms with E-state index in [0.717, 1.165) is 19.5 Å². The van der Waals surface area contributed by atoms with Gasteiger partial charge in [0.2, 0.25) is 5.91 Å². The number of fused-ring (bicyclic) bond motifs is 1. The highest BCUT2D eigenvalue weighted by Gasteiger charge is 2.27. The number of hydrogen-bond acceptors (Lipinski definition) is 2. The average Bonchev–Trinajstić information content (AvgIpc) is 2.63. The molecule has 0 aliphatic carbocycles. The van der Waals surface area contributed by atoms with E-state index in [1.165, 1.54) is 16.7 Å². The van der Waals surface area contributed by atoms with Crippen LogP contribution in [0.15, 0.2) is 54.6 Å². The molecule has 0 saturated carbocycles. The van der Waals surface area contributed by atoms with Gasteiger partial charge in [0.15, 0.2) is 0 Å². The molecule has 1 unspecified atom stereocenters. The molecular weight excluding hydrogens is 296 g/mol. The fraction of sp³-hybridized carbons (Fsp3) is 0.381. The Labute approximate surface area is 144 Å². The zero-order valence-electron chi connectivity index (χ0n) is 14.6. The van der Waals surface area contributed by atoms with Crippen LogP contribution in [0, 0.1) is 0 Å². The van der Waals surface area contributed by atoms with E-state index in [0.29, 0.717) is 13.0 Å². The Morgan fingerprint density at radius 2 is 1.83 bits per heavy atom. The fourth-order valence-electron chi connectivity index (χ4n) is 3.51. The van der Waals surface area contributed by atoms with Gasteiger partial charge in [0.25, 0.3) is 0 Å². The summed E-state index contributed by atoms with van der Waals surface area (Å²) in [5, 5.41) is 0. The molecular formula is C21H26N2O. The third-order valence-electron chi connectivity index (χ3n) is 4.94. The summed E-state index contributed by atoms with van der Waals surface area (Å²) in [5.74, 6) is 0.218. The first kappa shape index (κ1) is 16.7. The Morgan fingerprint density at radius 3 is 2.58 bits per heavy atom. The highest BCUT2D eigenvalue weighted by atomic mass is 16.2. The summed E-state index contributed by atoms with van der Waals surface area (Å²) in [4.78, 5) is 16.9. The standard InChI is InChI=1S/C21H26N2O/c1-3-21(24)23(15-17-9-5-4-6-10-17)16-20-19-12-8-7-11-18(19)13-14-22(20)2/h4-12,20H,3,13-16H2,1-2H3. The topological polar surface area (TPSA) is 23.6 Å². The molecule has 3 nitrogen and oxygen atoms in total. The number of carbonyl (C=O) groups is 1. The van der Waals surface area contributed by atoms with Crippen LogP contribution in [0.3, 0.4) is 0 Å². The first-order chi connectivity index (χ1) is 11.7. The lowest BCUT2D eigenvalue weighted by Crippen LogP contribution is -2.42. The van der Waals surface area contributed by atoms with Crippen LogP contribution in [-0.4, -0.2) is 35.8 Å². The predicted octanol–water partition coefficient (Wildman–Crippen LogP) is 3.65. The lowest BCUT2D eigenvalue weighted by Gasteiger charge is -2.38. The van der Waals surface area contributed by atoms with Gasteiger partial charge in [0.05, 0.1) is 6.04 Å². The minimum absolute atomic E-state index is 0.218. The first-order valence-electron chi connectivity index (χ1n) is 8.78. The molecule has 1 aliphatic heterocycles. The molecule has 3 rings (SSSR count). The number of amides is 1. The van der Waals surface area contributed by atoms with Gasteiger partial charge in [-0.25, -0.2) is 0 Å². The highest BCUT2D eigenvalue weighted by Crippen LogP contribution is 2.29. The zero-order chi connectivity index (χ0) is 16.9. The summed E-state index contributed by atoms with van der Waals surface area (Å²) < 4.78 is 0. The Hall–Kier alpha value is -2.13. The van der Waals surface area contributed by atoms with E-state index >= 15 is 0 Å². The number of benzene rings is 2. The highest BCUT2D eigenvalue weighted by molar-refractivity contribution is 5.75. The lowest BCUT2D eigenvalue weighted by atomic mass is 9.92. The van der Waals surface area contributed by atoms with Crippen molar-refractivity contribution in [3.8, 4) is 0 Å². The maximum Gasteiger partial charge on any atom is 0.222 e. The van der Waals surface area contributed by atoms with Gasteiger partial charge < -0.3 is 4.90 Å². The number of carbonyl (C=O) groups excluding carboxylic acids is 1. The summed E-state index contributed by atoms with van der Waals surface area (Å²) in [6.07, 6.45) is 1.63. The molecule has 0 aromatic heterocycles. The van der Waals surface area contributed by atoms with E-state index in [9.17, 15) is 4.79 Å². The van der Waals surface area contributed by atoms with Gasteiger partial charge in [-0.1, -0.05) is 61.5 Å². The van der Waals surface area contributed by atoms with Crippen LogP contribution in [0.1, 0.15) is 36.1 Å². The Kier molecular flexibility index (Phi) is 5.31. The van der Waals surface area contributed by atoms with Crippen LogP contribution in [0.4, 0.5) is 0 Å². The van der Waals surface area contributed by atoms with Gasteiger partial charge in [-0.2, -0.15) is 0 Å². The molecule has 0 N–H and O–H groups in total. The van der Waals surface area contributed by atoms with E-state index in [4.69, 9.17) is 0 Å². The fourth-order valence-corrected chi connectivity index (χ4v) is 3.51. The minimum atomic E-state index is 0.218. The van der Waals surface area contributed by atoms with Crippen LogP contribution < -0.4 is 0 Å². The lowest BCUT2D eigenvalue weighted by molar-refractivity contribution is -0.132. The van der Waals surface area contributed by atoms with Crippen LogP contribution in [-0.2, 0) is 17.8 Å². The maximum atomic E-state index is 12.5. The number of rotatable bonds is 5. The maximum absolute atomic E-state index is 12.5. The summed E-state index contributed by atoms with van der Waals surface area (Å²) >= 11 is 0. The smallest absolute Gasteiger partial charge is 0.222 e. The van der Waals surface area contributed by atoms with Crippen molar-refractivity contribution in [3.05, 3.63) is 71.3 Å². The second kappa shape index (κ2) is 7.63. The van der Waals surface area contributed by atoms with Gasteiger partial charge in [0.1, 0.15) is 0 Å². The van der Waals surface area contributed by atoms with Crippen LogP contribution in [0.2, 0.25) is 0 Å². The Balaban J connectivity index is 1.83. The molecule has 0 radical (unpaired) electrons. The molecule has 3 heteroatoms. The van der Waals surface area contributed by atoms with Gasteiger partial charge in [-0.15, -0.1) is 0 Å². The third-order valence-corrected chi connectivity index (χ3v) is 4.94. The summed E-state index contributed by atoms with van der Waals surface area (Å²) in [5.41, 5.74) is 3.98.